The Morgan fingerprint density at radius 1 is 1.33 bits per heavy atom. The molecule has 1 aromatic carbocycles. The van der Waals surface area contributed by atoms with Crippen LogP contribution in [0.3, 0.4) is 0 Å². The van der Waals surface area contributed by atoms with Gasteiger partial charge in [-0.1, -0.05) is 11.6 Å². The van der Waals surface area contributed by atoms with Gasteiger partial charge in [0, 0.05) is 13.1 Å². The van der Waals surface area contributed by atoms with Crippen molar-refractivity contribution in [3.8, 4) is 5.75 Å². The first kappa shape index (κ1) is 24.6. The van der Waals surface area contributed by atoms with Crippen molar-refractivity contribution in [1.82, 2.24) is 4.98 Å². The Morgan fingerprint density at radius 3 is 2.73 bits per heavy atom. The quantitative estimate of drug-likeness (QED) is 0.527. The van der Waals surface area contributed by atoms with Crippen molar-refractivity contribution in [3.05, 3.63) is 41.0 Å². The van der Waals surface area contributed by atoms with Gasteiger partial charge in [0.05, 0.1) is 41.4 Å². The van der Waals surface area contributed by atoms with Crippen LogP contribution in [-0.4, -0.2) is 57.3 Å². The number of halogens is 1. The Hall–Kier alpha value is -3.05. The van der Waals surface area contributed by atoms with Gasteiger partial charge in [-0.15, -0.1) is 0 Å². The van der Waals surface area contributed by atoms with E-state index in [9.17, 15) is 23.1 Å². The van der Waals surface area contributed by atoms with Gasteiger partial charge in [0.25, 0.3) is 10.0 Å². The van der Waals surface area contributed by atoms with Crippen LogP contribution in [0.5, 0.6) is 5.75 Å². The average molecular weight is 498 g/mol. The molecule has 0 saturated carbocycles. The van der Waals surface area contributed by atoms with E-state index >= 15 is 0 Å². The summed E-state index contributed by atoms with van der Waals surface area (Å²) in [5.74, 6) is -1.52. The van der Waals surface area contributed by atoms with Crippen LogP contribution in [0.15, 0.2) is 35.4 Å². The van der Waals surface area contributed by atoms with Crippen LogP contribution < -0.4 is 14.4 Å². The number of esters is 1. The summed E-state index contributed by atoms with van der Waals surface area (Å²) in [6, 6.07) is 5.15. The molecule has 0 unspecified atom stereocenters. The maximum atomic E-state index is 12.8. The number of carboxylic acids is 1. The zero-order valence-corrected chi connectivity index (χ0v) is 19.6. The molecule has 12 heteroatoms. The van der Waals surface area contributed by atoms with Gasteiger partial charge >= 0.3 is 11.9 Å². The van der Waals surface area contributed by atoms with Gasteiger partial charge in [0.15, 0.2) is 0 Å². The second-order valence-electron chi connectivity index (χ2n) is 7.34. The van der Waals surface area contributed by atoms with Gasteiger partial charge in [-0.2, -0.15) is 0 Å². The van der Waals surface area contributed by atoms with Crippen molar-refractivity contribution in [2.45, 2.75) is 24.7 Å². The Bertz CT molecular complexity index is 1160. The summed E-state index contributed by atoms with van der Waals surface area (Å²) in [5.41, 5.74) is -0.213. The van der Waals surface area contributed by atoms with Crippen LogP contribution in [0.25, 0.3) is 0 Å². The number of sulfonamides is 1. The highest BCUT2D eigenvalue weighted by Gasteiger charge is 2.30. The zero-order chi connectivity index (χ0) is 24.2. The Morgan fingerprint density at radius 2 is 2.09 bits per heavy atom. The summed E-state index contributed by atoms with van der Waals surface area (Å²) in [7, 11) is -2.66. The number of piperidine rings is 1. The third kappa shape index (κ3) is 5.66. The molecule has 0 bridgehead atoms. The Kier molecular flexibility index (Phi) is 7.65. The molecule has 2 N–H and O–H groups in total. The van der Waals surface area contributed by atoms with E-state index in [0.29, 0.717) is 25.1 Å². The highest BCUT2D eigenvalue weighted by molar-refractivity contribution is 7.92. The fourth-order valence-corrected chi connectivity index (χ4v) is 4.96. The number of carbonyl (C=O) groups excluding carboxylic acids is 1. The molecule has 1 aromatic heterocycles. The van der Waals surface area contributed by atoms with Crippen LogP contribution in [0.4, 0.5) is 11.5 Å². The number of hydrogen-bond donors (Lipinski definition) is 2. The predicted molar refractivity (Wildman–Crippen MR) is 122 cm³/mol. The van der Waals surface area contributed by atoms with Crippen molar-refractivity contribution < 1.29 is 32.6 Å². The number of nitrogens with one attached hydrogen (secondary N) is 1. The molecule has 0 aliphatic carbocycles. The largest absolute Gasteiger partial charge is 0.495 e. The highest BCUT2D eigenvalue weighted by atomic mass is 35.5. The summed E-state index contributed by atoms with van der Waals surface area (Å²) < 4.78 is 37.9. The molecule has 33 heavy (non-hydrogen) atoms. The van der Waals surface area contributed by atoms with Crippen molar-refractivity contribution >= 4 is 45.1 Å². The van der Waals surface area contributed by atoms with E-state index in [1.165, 1.54) is 37.6 Å². The molecule has 1 fully saturated rings. The van der Waals surface area contributed by atoms with Crippen molar-refractivity contribution in [3.63, 3.8) is 0 Å². The maximum absolute atomic E-state index is 12.8. The molecule has 0 spiro atoms. The zero-order valence-electron chi connectivity index (χ0n) is 18.1. The summed E-state index contributed by atoms with van der Waals surface area (Å²) in [6.45, 7) is 2.77. The van der Waals surface area contributed by atoms with E-state index < -0.39 is 16.0 Å². The first-order valence-corrected chi connectivity index (χ1v) is 12.0. The summed E-state index contributed by atoms with van der Waals surface area (Å²) in [5, 5.41) is 9.83. The summed E-state index contributed by atoms with van der Waals surface area (Å²) >= 11 is 6.02. The third-order valence-electron chi connectivity index (χ3n) is 5.12. The Balaban J connectivity index is 1.86. The van der Waals surface area contributed by atoms with Gasteiger partial charge in [-0.25, -0.2) is 18.2 Å². The number of carbonyl (C=O) groups is 2. The molecule has 3 rings (SSSR count). The number of aromatic nitrogens is 1. The molecular weight excluding hydrogens is 474 g/mol. The van der Waals surface area contributed by atoms with E-state index in [-0.39, 0.29) is 52.0 Å². The molecule has 0 amide bonds. The summed E-state index contributed by atoms with van der Waals surface area (Å²) in [6.07, 6.45) is 2.54. The lowest BCUT2D eigenvalue weighted by Gasteiger charge is -2.33. The number of ether oxygens (including phenoxy) is 2. The number of anilines is 2. The molecule has 2 heterocycles. The smallest absolute Gasteiger partial charge is 0.339 e. The SMILES string of the molecule is CCOC(=O)[C@@H]1CCCN(c2ncc(NS(=O)(=O)c3ccc(OC)c(Cl)c3)cc2C(=O)O)C1. The second kappa shape index (κ2) is 10.3. The highest BCUT2D eigenvalue weighted by Crippen LogP contribution is 2.30. The third-order valence-corrected chi connectivity index (χ3v) is 6.80. The first-order chi connectivity index (χ1) is 15.7. The average Bonchev–Trinajstić information content (AvgIpc) is 2.79. The standard InChI is InChI=1S/C21H24ClN3O7S/c1-3-32-21(28)13-5-4-8-25(12-13)19-16(20(26)27)9-14(11-23-19)24-33(29,30)15-6-7-18(31-2)17(22)10-15/h6-7,9-11,13,24H,3-5,8,12H2,1-2H3,(H,26,27)/t13-/m1/s1. The van der Waals surface area contributed by atoms with Gasteiger partial charge in [0.2, 0.25) is 0 Å². The minimum absolute atomic E-state index is 0.0259. The topological polar surface area (TPSA) is 135 Å². The number of pyridine rings is 1. The van der Waals surface area contributed by atoms with Gasteiger partial charge in [-0.05, 0) is 44.0 Å². The van der Waals surface area contributed by atoms with Crippen molar-refractivity contribution in [1.29, 1.82) is 0 Å². The monoisotopic (exact) mass is 497 g/mol. The first-order valence-electron chi connectivity index (χ1n) is 10.2. The number of methoxy groups -OCH3 is 1. The normalized spacial score (nSPS) is 16.2. The van der Waals surface area contributed by atoms with Gasteiger partial charge in [0.1, 0.15) is 17.1 Å². The van der Waals surface area contributed by atoms with E-state index in [0.717, 1.165) is 0 Å². The minimum atomic E-state index is -4.07. The molecule has 2 aromatic rings. The molecule has 1 atom stereocenters. The lowest BCUT2D eigenvalue weighted by atomic mass is 9.98. The molecular formula is C21H24ClN3O7S. The van der Waals surface area contributed by atoms with Gasteiger partial charge in [-0.3, -0.25) is 9.52 Å². The van der Waals surface area contributed by atoms with Crippen LogP contribution in [0.1, 0.15) is 30.1 Å². The number of aromatic carboxylic acids is 1. The van der Waals surface area contributed by atoms with Crippen LogP contribution in [0.2, 0.25) is 5.02 Å². The molecule has 1 aliphatic heterocycles. The fraction of sp³-hybridized carbons (Fsp3) is 0.381. The molecule has 1 aliphatic rings. The van der Waals surface area contributed by atoms with Crippen LogP contribution in [-0.2, 0) is 19.6 Å². The van der Waals surface area contributed by atoms with Crippen LogP contribution in [0, 0.1) is 5.92 Å². The fourth-order valence-electron chi connectivity index (χ4n) is 3.57. The number of rotatable bonds is 8. The number of nitrogens with zero attached hydrogens (tertiary/aromatic N) is 2. The maximum Gasteiger partial charge on any atom is 0.339 e. The van der Waals surface area contributed by atoms with Crippen LogP contribution >= 0.6 is 11.6 Å². The number of carboxylic acid groups (broad SMARTS) is 1. The van der Waals surface area contributed by atoms with E-state index in [1.807, 2.05) is 0 Å². The number of benzene rings is 1. The Labute approximate surface area is 196 Å². The van der Waals surface area contributed by atoms with E-state index in [1.54, 1.807) is 11.8 Å². The van der Waals surface area contributed by atoms with E-state index in [2.05, 4.69) is 9.71 Å². The lowest BCUT2D eigenvalue weighted by Crippen LogP contribution is -2.40. The molecule has 10 nitrogen and oxygen atoms in total. The van der Waals surface area contributed by atoms with Crippen molar-refractivity contribution in [2.24, 2.45) is 5.92 Å². The molecule has 178 valence electrons. The van der Waals surface area contributed by atoms with Gasteiger partial charge < -0.3 is 19.5 Å². The minimum Gasteiger partial charge on any atom is -0.495 e. The lowest BCUT2D eigenvalue weighted by molar-refractivity contribution is -0.148. The van der Waals surface area contributed by atoms with E-state index in [4.69, 9.17) is 21.1 Å². The second-order valence-corrected chi connectivity index (χ2v) is 9.43. The molecule has 0 radical (unpaired) electrons. The van der Waals surface area contributed by atoms with Crippen molar-refractivity contribution in [2.75, 3.05) is 36.4 Å². The predicted octanol–water partition coefficient (Wildman–Crippen LogP) is 3.02. The summed E-state index contributed by atoms with van der Waals surface area (Å²) in [4.78, 5) is 29.8. The molecule has 1 saturated heterocycles. The number of hydrogen-bond acceptors (Lipinski definition) is 8.